The summed E-state index contributed by atoms with van der Waals surface area (Å²) in [7, 11) is 1.80. The van der Waals surface area contributed by atoms with Crippen molar-refractivity contribution in [2.24, 2.45) is 0 Å². The maximum atomic E-state index is 12.0. The molecule has 1 aromatic carbocycles. The summed E-state index contributed by atoms with van der Waals surface area (Å²) in [5, 5.41) is 11.7. The van der Waals surface area contributed by atoms with Crippen LogP contribution in [0.4, 0.5) is 5.69 Å². The van der Waals surface area contributed by atoms with Crippen LogP contribution in [0.2, 0.25) is 0 Å². The lowest BCUT2D eigenvalue weighted by Gasteiger charge is -2.16. The molecule has 0 aliphatic carbocycles. The molecule has 2 aromatic rings. The van der Waals surface area contributed by atoms with E-state index in [-0.39, 0.29) is 18.0 Å². The Bertz CT molecular complexity index is 678. The SMILES string of the molecule is Cc1ccoc1CN(C)CC(=O)Nc1ccccc1C(=O)O. The Kier molecular flexibility index (Phi) is 4.95. The van der Waals surface area contributed by atoms with Gasteiger partial charge >= 0.3 is 5.97 Å². The van der Waals surface area contributed by atoms with Gasteiger partial charge < -0.3 is 14.8 Å². The van der Waals surface area contributed by atoms with Gasteiger partial charge in [-0.3, -0.25) is 9.69 Å². The second kappa shape index (κ2) is 6.91. The number of rotatable bonds is 6. The first-order chi connectivity index (χ1) is 10.5. The quantitative estimate of drug-likeness (QED) is 0.856. The van der Waals surface area contributed by atoms with Gasteiger partial charge in [-0.05, 0) is 37.7 Å². The first kappa shape index (κ1) is 15.8. The number of aromatic carboxylic acids is 1. The van der Waals surface area contributed by atoms with Crippen molar-refractivity contribution in [3.8, 4) is 0 Å². The third-order valence-electron chi connectivity index (χ3n) is 3.23. The normalized spacial score (nSPS) is 10.7. The molecular weight excluding hydrogens is 284 g/mol. The van der Waals surface area contributed by atoms with E-state index in [1.54, 1.807) is 36.4 Å². The number of anilines is 1. The number of furan rings is 1. The number of likely N-dealkylation sites (N-methyl/N-ethyl adjacent to an activating group) is 1. The Balaban J connectivity index is 1.96. The van der Waals surface area contributed by atoms with E-state index in [1.807, 2.05) is 13.0 Å². The van der Waals surface area contributed by atoms with Crippen LogP contribution in [0.25, 0.3) is 0 Å². The molecule has 0 aliphatic rings. The Hall–Kier alpha value is -2.60. The molecule has 0 radical (unpaired) electrons. The topological polar surface area (TPSA) is 82.8 Å². The van der Waals surface area contributed by atoms with Crippen LogP contribution in [0.15, 0.2) is 41.0 Å². The zero-order chi connectivity index (χ0) is 16.1. The molecule has 6 nitrogen and oxygen atoms in total. The zero-order valence-corrected chi connectivity index (χ0v) is 12.5. The maximum Gasteiger partial charge on any atom is 0.337 e. The number of carboxylic acids is 1. The molecule has 0 saturated carbocycles. The molecule has 2 N–H and O–H groups in total. The van der Waals surface area contributed by atoms with Gasteiger partial charge in [0.25, 0.3) is 0 Å². The summed E-state index contributed by atoms with van der Waals surface area (Å²) in [6.07, 6.45) is 1.61. The highest BCUT2D eigenvalue weighted by Crippen LogP contribution is 2.15. The number of hydrogen-bond acceptors (Lipinski definition) is 4. The summed E-state index contributed by atoms with van der Waals surface area (Å²) < 4.78 is 5.33. The summed E-state index contributed by atoms with van der Waals surface area (Å²) in [5.41, 5.74) is 1.39. The third-order valence-corrected chi connectivity index (χ3v) is 3.23. The second-order valence-corrected chi connectivity index (χ2v) is 5.10. The summed E-state index contributed by atoms with van der Waals surface area (Å²) in [4.78, 5) is 24.9. The average Bonchev–Trinajstić information content (AvgIpc) is 2.84. The fourth-order valence-corrected chi connectivity index (χ4v) is 2.08. The van der Waals surface area contributed by atoms with Gasteiger partial charge in [0.15, 0.2) is 0 Å². The molecule has 0 fully saturated rings. The van der Waals surface area contributed by atoms with Crippen molar-refractivity contribution in [2.75, 3.05) is 18.9 Å². The molecule has 1 amide bonds. The van der Waals surface area contributed by atoms with Crippen molar-refractivity contribution < 1.29 is 19.1 Å². The van der Waals surface area contributed by atoms with E-state index in [1.165, 1.54) is 6.07 Å². The van der Waals surface area contributed by atoms with Crippen LogP contribution >= 0.6 is 0 Å². The smallest absolute Gasteiger partial charge is 0.337 e. The number of carboxylic acid groups (broad SMARTS) is 1. The van der Waals surface area contributed by atoms with Gasteiger partial charge in [-0.2, -0.15) is 0 Å². The summed E-state index contributed by atoms with van der Waals surface area (Å²) in [6, 6.07) is 8.18. The highest BCUT2D eigenvalue weighted by atomic mass is 16.4. The largest absolute Gasteiger partial charge is 0.478 e. The van der Waals surface area contributed by atoms with Crippen molar-refractivity contribution in [1.29, 1.82) is 0 Å². The fraction of sp³-hybridized carbons (Fsp3) is 0.250. The number of amides is 1. The number of nitrogens with zero attached hydrogens (tertiary/aromatic N) is 1. The molecule has 6 heteroatoms. The molecular formula is C16H18N2O4. The predicted octanol–water partition coefficient (Wildman–Crippen LogP) is 2.36. The van der Waals surface area contributed by atoms with Gasteiger partial charge in [0.1, 0.15) is 5.76 Å². The summed E-state index contributed by atoms with van der Waals surface area (Å²) >= 11 is 0. The van der Waals surface area contributed by atoms with Crippen LogP contribution < -0.4 is 5.32 Å². The second-order valence-electron chi connectivity index (χ2n) is 5.10. The minimum atomic E-state index is -1.07. The number of aryl methyl sites for hydroxylation is 1. The lowest BCUT2D eigenvalue weighted by Crippen LogP contribution is -2.30. The molecule has 116 valence electrons. The van der Waals surface area contributed by atoms with Crippen LogP contribution in [0.1, 0.15) is 21.7 Å². The Labute approximate surface area is 128 Å². The number of para-hydroxylation sites is 1. The van der Waals surface area contributed by atoms with Gasteiger partial charge in [0.2, 0.25) is 5.91 Å². The Morgan fingerprint density at radius 1 is 1.27 bits per heavy atom. The monoisotopic (exact) mass is 302 g/mol. The van der Waals surface area contributed by atoms with Gasteiger partial charge in [-0.15, -0.1) is 0 Å². The molecule has 0 unspecified atom stereocenters. The third kappa shape index (κ3) is 3.95. The van der Waals surface area contributed by atoms with Gasteiger partial charge in [-0.25, -0.2) is 4.79 Å². The predicted molar refractivity (Wildman–Crippen MR) is 81.8 cm³/mol. The van der Waals surface area contributed by atoms with Gasteiger partial charge in [0.05, 0.1) is 30.6 Å². The Morgan fingerprint density at radius 2 is 2.00 bits per heavy atom. The first-order valence-electron chi connectivity index (χ1n) is 6.81. The molecule has 1 heterocycles. The summed E-state index contributed by atoms with van der Waals surface area (Å²) in [5.74, 6) is -0.544. The number of benzene rings is 1. The molecule has 0 spiro atoms. The number of carbonyl (C=O) groups excluding carboxylic acids is 1. The first-order valence-corrected chi connectivity index (χ1v) is 6.81. The van der Waals surface area contributed by atoms with Crippen LogP contribution in [0, 0.1) is 6.92 Å². The molecule has 1 aromatic heterocycles. The van der Waals surface area contributed by atoms with E-state index in [0.29, 0.717) is 12.2 Å². The zero-order valence-electron chi connectivity index (χ0n) is 12.5. The van der Waals surface area contributed by atoms with E-state index in [9.17, 15) is 9.59 Å². The molecule has 0 saturated heterocycles. The van der Waals surface area contributed by atoms with Crippen molar-refractivity contribution in [1.82, 2.24) is 4.90 Å². The molecule has 22 heavy (non-hydrogen) atoms. The number of hydrogen-bond donors (Lipinski definition) is 2. The molecule has 0 bridgehead atoms. The minimum absolute atomic E-state index is 0.0698. The average molecular weight is 302 g/mol. The van der Waals surface area contributed by atoms with E-state index < -0.39 is 5.97 Å². The van der Waals surface area contributed by atoms with Gasteiger partial charge in [0, 0.05) is 0 Å². The van der Waals surface area contributed by atoms with Crippen LogP contribution in [0.3, 0.4) is 0 Å². The lowest BCUT2D eigenvalue weighted by atomic mass is 10.2. The van der Waals surface area contributed by atoms with Crippen LogP contribution in [-0.2, 0) is 11.3 Å². The van der Waals surface area contributed by atoms with E-state index in [0.717, 1.165) is 11.3 Å². The summed E-state index contributed by atoms with van der Waals surface area (Å²) in [6.45, 7) is 2.58. The maximum absolute atomic E-state index is 12.0. The van der Waals surface area contributed by atoms with E-state index in [4.69, 9.17) is 9.52 Å². The standard InChI is InChI=1S/C16H18N2O4/c1-11-7-8-22-14(11)9-18(2)10-15(19)17-13-6-4-3-5-12(13)16(20)21/h3-8H,9-10H2,1-2H3,(H,17,19)(H,20,21). The molecule has 0 aliphatic heterocycles. The molecule has 0 atom stereocenters. The minimum Gasteiger partial charge on any atom is -0.478 e. The molecule has 2 rings (SSSR count). The van der Waals surface area contributed by atoms with Gasteiger partial charge in [-0.1, -0.05) is 12.1 Å². The number of carbonyl (C=O) groups is 2. The number of nitrogens with one attached hydrogen (secondary N) is 1. The highest BCUT2D eigenvalue weighted by molar-refractivity contribution is 6.01. The lowest BCUT2D eigenvalue weighted by molar-refractivity contribution is -0.117. The van der Waals surface area contributed by atoms with Crippen molar-refractivity contribution in [3.63, 3.8) is 0 Å². The van der Waals surface area contributed by atoms with E-state index >= 15 is 0 Å². The van der Waals surface area contributed by atoms with Crippen molar-refractivity contribution in [2.45, 2.75) is 13.5 Å². The van der Waals surface area contributed by atoms with E-state index in [2.05, 4.69) is 5.32 Å². The van der Waals surface area contributed by atoms with Crippen molar-refractivity contribution in [3.05, 3.63) is 53.5 Å². The van der Waals surface area contributed by atoms with Crippen LogP contribution in [-0.4, -0.2) is 35.5 Å². The fourth-order valence-electron chi connectivity index (χ4n) is 2.08. The van der Waals surface area contributed by atoms with Crippen molar-refractivity contribution >= 4 is 17.6 Å². The highest BCUT2D eigenvalue weighted by Gasteiger charge is 2.14. The van der Waals surface area contributed by atoms with Crippen LogP contribution in [0.5, 0.6) is 0 Å². The Morgan fingerprint density at radius 3 is 2.64 bits per heavy atom.